The summed E-state index contributed by atoms with van der Waals surface area (Å²) in [6, 6.07) is 14.3. The first-order chi connectivity index (χ1) is 15.3. The van der Waals surface area contributed by atoms with Gasteiger partial charge in [-0.3, -0.25) is 14.5 Å². The lowest BCUT2D eigenvalue weighted by Crippen LogP contribution is -2.52. The first-order valence-corrected chi connectivity index (χ1v) is 10.9. The minimum Gasteiger partial charge on any atom is -0.384 e. The lowest BCUT2D eigenvalue weighted by molar-refractivity contribution is -0.124. The van der Waals surface area contributed by atoms with Gasteiger partial charge in [-0.15, -0.1) is 0 Å². The number of nitrogens with two attached hydrogens (primary N) is 1. The first-order valence-electron chi connectivity index (χ1n) is 10.1. The van der Waals surface area contributed by atoms with Crippen LogP contribution < -0.4 is 15.5 Å². The van der Waals surface area contributed by atoms with E-state index in [0.717, 1.165) is 0 Å². The van der Waals surface area contributed by atoms with Gasteiger partial charge in [0.25, 0.3) is 0 Å². The summed E-state index contributed by atoms with van der Waals surface area (Å²) in [4.78, 5) is 30.4. The van der Waals surface area contributed by atoms with Gasteiger partial charge in [0.15, 0.2) is 5.78 Å². The van der Waals surface area contributed by atoms with E-state index in [-0.39, 0.29) is 23.1 Å². The predicted molar refractivity (Wildman–Crippen MR) is 123 cm³/mol. The minimum absolute atomic E-state index is 0.0271. The van der Waals surface area contributed by atoms with Crippen LogP contribution in [-0.4, -0.2) is 18.7 Å². The molecule has 0 saturated carbocycles. The molecular formula is C24H18Cl2N4O2. The quantitative estimate of drug-likeness (QED) is 0.673. The van der Waals surface area contributed by atoms with Gasteiger partial charge in [-0.25, -0.2) is 0 Å². The summed E-state index contributed by atoms with van der Waals surface area (Å²) < 4.78 is 0. The standard InChI is InChI=1S/C24H18Cl2N4O2/c1-29-17-6-3-2-5-14(17)24(23(29)32)15(12-27)22(28)30(18-10-9-13(25)11-16(18)26)19-7-4-8-20(31)21(19)24/h2-3,5-6,9-11H,4,7-8,28H2,1H3/t24-/m1/s1. The molecule has 5 rings (SSSR count). The number of para-hydroxylation sites is 1. The van der Waals surface area contributed by atoms with Gasteiger partial charge in [0, 0.05) is 41.0 Å². The highest BCUT2D eigenvalue weighted by molar-refractivity contribution is 6.36. The molecule has 0 saturated heterocycles. The second-order valence-corrected chi connectivity index (χ2v) is 8.88. The summed E-state index contributed by atoms with van der Waals surface area (Å²) in [5.41, 5.74) is 7.74. The number of rotatable bonds is 1. The number of carbonyl (C=O) groups excluding carboxylic acids is 2. The Kier molecular flexibility index (Phi) is 4.59. The van der Waals surface area contributed by atoms with E-state index in [1.807, 2.05) is 12.1 Å². The Hall–Kier alpha value is -3.27. The van der Waals surface area contributed by atoms with Crippen molar-refractivity contribution >= 4 is 46.3 Å². The van der Waals surface area contributed by atoms with E-state index in [1.54, 1.807) is 42.3 Å². The molecule has 0 aromatic heterocycles. The van der Waals surface area contributed by atoms with Gasteiger partial charge in [-0.05, 0) is 37.1 Å². The van der Waals surface area contributed by atoms with Gasteiger partial charge in [-0.1, -0.05) is 41.4 Å². The Morgan fingerprint density at radius 1 is 1.09 bits per heavy atom. The maximum Gasteiger partial charge on any atom is 0.247 e. The van der Waals surface area contributed by atoms with Crippen LogP contribution >= 0.6 is 23.2 Å². The van der Waals surface area contributed by atoms with Gasteiger partial charge >= 0.3 is 0 Å². The number of ketones is 1. The molecule has 0 radical (unpaired) electrons. The average molecular weight is 465 g/mol. The van der Waals surface area contributed by atoms with Crippen molar-refractivity contribution in [3.63, 3.8) is 0 Å². The molecule has 0 fully saturated rings. The molecule has 0 bridgehead atoms. The minimum atomic E-state index is -1.56. The topological polar surface area (TPSA) is 90.4 Å². The number of likely N-dealkylation sites (N-methyl/N-ethyl adjacent to an activating group) is 1. The number of hydrogen-bond donors (Lipinski definition) is 1. The lowest BCUT2D eigenvalue weighted by Gasteiger charge is -2.44. The van der Waals surface area contributed by atoms with Crippen LogP contribution in [0.15, 0.2) is 65.1 Å². The van der Waals surface area contributed by atoms with E-state index >= 15 is 0 Å². The molecule has 6 nitrogen and oxygen atoms in total. The lowest BCUT2D eigenvalue weighted by atomic mass is 9.64. The SMILES string of the molecule is CN1C(=O)[C@@]2(C(C#N)=C(N)N(c3ccc(Cl)cc3Cl)C3=C2C(=O)CCC3)c2ccccc21. The second-order valence-electron chi connectivity index (χ2n) is 8.03. The summed E-state index contributed by atoms with van der Waals surface area (Å²) in [7, 11) is 1.65. The number of anilines is 2. The largest absolute Gasteiger partial charge is 0.384 e. The van der Waals surface area contributed by atoms with E-state index in [1.165, 1.54) is 4.90 Å². The Bertz CT molecular complexity index is 1320. The fraction of sp³-hybridized carbons (Fsp3) is 0.208. The number of hydrogen-bond acceptors (Lipinski definition) is 5. The summed E-state index contributed by atoms with van der Waals surface area (Å²) in [5, 5.41) is 11.1. The fourth-order valence-electron chi connectivity index (χ4n) is 5.17. The zero-order valence-electron chi connectivity index (χ0n) is 17.2. The van der Waals surface area contributed by atoms with Gasteiger partial charge in [-0.2, -0.15) is 5.26 Å². The highest BCUT2D eigenvalue weighted by Gasteiger charge is 2.61. The van der Waals surface area contributed by atoms with Crippen molar-refractivity contribution in [1.29, 1.82) is 5.26 Å². The van der Waals surface area contributed by atoms with Crippen molar-refractivity contribution in [1.82, 2.24) is 0 Å². The molecule has 1 atom stereocenters. The van der Waals surface area contributed by atoms with Crippen molar-refractivity contribution in [3.8, 4) is 6.07 Å². The average Bonchev–Trinajstić information content (AvgIpc) is 2.98. The highest BCUT2D eigenvalue weighted by Crippen LogP contribution is 2.56. The number of halogens is 2. The van der Waals surface area contributed by atoms with Crippen LogP contribution in [0.3, 0.4) is 0 Å². The van der Waals surface area contributed by atoms with Crippen molar-refractivity contribution in [3.05, 3.63) is 80.7 Å². The van der Waals surface area contributed by atoms with Crippen LogP contribution in [0.25, 0.3) is 0 Å². The fourth-order valence-corrected chi connectivity index (χ4v) is 5.67. The van der Waals surface area contributed by atoms with Crippen LogP contribution in [-0.2, 0) is 15.0 Å². The number of nitriles is 1. The monoisotopic (exact) mass is 464 g/mol. The van der Waals surface area contributed by atoms with Crippen LogP contribution in [0, 0.1) is 11.3 Å². The summed E-state index contributed by atoms with van der Waals surface area (Å²) in [6.45, 7) is 0. The van der Waals surface area contributed by atoms with Gasteiger partial charge in [0.1, 0.15) is 17.3 Å². The zero-order valence-corrected chi connectivity index (χ0v) is 18.7. The smallest absolute Gasteiger partial charge is 0.247 e. The molecule has 1 spiro atoms. The third-order valence-electron chi connectivity index (χ3n) is 6.46. The van der Waals surface area contributed by atoms with Crippen molar-refractivity contribution < 1.29 is 9.59 Å². The first kappa shape index (κ1) is 20.6. The maximum absolute atomic E-state index is 13.8. The highest BCUT2D eigenvalue weighted by atomic mass is 35.5. The maximum atomic E-state index is 13.8. The van der Waals surface area contributed by atoms with Crippen molar-refractivity contribution in [2.75, 3.05) is 16.8 Å². The zero-order chi connectivity index (χ0) is 22.8. The van der Waals surface area contributed by atoms with Gasteiger partial charge < -0.3 is 10.6 Å². The molecule has 8 heteroatoms. The molecule has 2 aliphatic heterocycles. The van der Waals surface area contributed by atoms with Crippen molar-refractivity contribution in [2.45, 2.75) is 24.7 Å². The molecule has 0 unspecified atom stereocenters. The number of Topliss-reactive ketones (excluding diaryl/α,β-unsaturated/α-hetero) is 1. The Balaban J connectivity index is 1.91. The molecule has 2 aromatic rings. The molecule has 2 N–H and O–H groups in total. The normalized spacial score (nSPS) is 22.4. The molecule has 3 aliphatic rings. The Labute approximate surface area is 195 Å². The number of amides is 1. The van der Waals surface area contributed by atoms with E-state index < -0.39 is 5.41 Å². The number of nitrogens with zero attached hydrogens (tertiary/aromatic N) is 3. The third kappa shape index (κ3) is 2.46. The van der Waals surface area contributed by atoms with Crippen LogP contribution in [0.5, 0.6) is 0 Å². The second kappa shape index (κ2) is 7.13. The number of carbonyl (C=O) groups is 2. The summed E-state index contributed by atoms with van der Waals surface area (Å²) in [5.74, 6) is -0.438. The van der Waals surface area contributed by atoms with E-state index in [2.05, 4.69) is 6.07 Å². The van der Waals surface area contributed by atoms with Crippen LogP contribution in [0.1, 0.15) is 24.8 Å². The predicted octanol–water partition coefficient (Wildman–Crippen LogP) is 4.43. The van der Waals surface area contributed by atoms with E-state index in [9.17, 15) is 14.9 Å². The number of fused-ring (bicyclic) bond motifs is 3. The number of benzene rings is 2. The molecule has 1 aliphatic carbocycles. The third-order valence-corrected chi connectivity index (χ3v) is 7.00. The molecule has 32 heavy (non-hydrogen) atoms. The Morgan fingerprint density at radius 2 is 1.84 bits per heavy atom. The Morgan fingerprint density at radius 3 is 2.56 bits per heavy atom. The summed E-state index contributed by atoms with van der Waals surface area (Å²) in [6.07, 6.45) is 1.41. The van der Waals surface area contributed by atoms with Crippen LogP contribution in [0.4, 0.5) is 11.4 Å². The molecule has 160 valence electrons. The van der Waals surface area contributed by atoms with Crippen LogP contribution in [0.2, 0.25) is 10.0 Å². The number of allylic oxidation sites excluding steroid dienone is 1. The summed E-state index contributed by atoms with van der Waals surface area (Å²) >= 11 is 12.6. The van der Waals surface area contributed by atoms with Gasteiger partial charge in [0.05, 0.1) is 16.3 Å². The molecule has 1 amide bonds. The molecular weight excluding hydrogens is 447 g/mol. The molecule has 2 heterocycles. The molecule has 2 aromatic carbocycles. The van der Waals surface area contributed by atoms with E-state index in [4.69, 9.17) is 28.9 Å². The van der Waals surface area contributed by atoms with Crippen molar-refractivity contribution in [2.24, 2.45) is 5.73 Å². The van der Waals surface area contributed by atoms with Gasteiger partial charge in [0.2, 0.25) is 5.91 Å². The van der Waals surface area contributed by atoms with E-state index in [0.29, 0.717) is 57.5 Å².